The molecule has 1 aromatic heterocycles. The molecule has 1 fully saturated rings. The number of carboxylic acid groups (broad SMARTS) is 1. The molecule has 2 aromatic carbocycles. The summed E-state index contributed by atoms with van der Waals surface area (Å²) in [5, 5.41) is 9.24. The molecular weight excluding hydrogens is 350 g/mol. The van der Waals surface area contributed by atoms with Gasteiger partial charge in [0.05, 0.1) is 23.1 Å². The molecule has 0 spiro atoms. The normalized spacial score (nSPS) is 17.5. The lowest BCUT2D eigenvalue weighted by atomic mass is 9.95. The minimum absolute atomic E-state index is 0.288. The number of nitrogens with zero attached hydrogens (tertiary/aromatic N) is 3. The molecule has 0 amide bonds. The van der Waals surface area contributed by atoms with Crippen molar-refractivity contribution in [3.05, 3.63) is 64.5 Å². The number of likely N-dealkylation sites (tertiary alicyclic amines) is 1. The highest BCUT2D eigenvalue weighted by molar-refractivity contribution is 5.92. The first-order valence-corrected chi connectivity index (χ1v) is 9.97. The fourth-order valence-electron chi connectivity index (χ4n) is 4.48. The molecule has 146 valence electrons. The molecule has 1 N–H and O–H groups in total. The van der Waals surface area contributed by atoms with Gasteiger partial charge in [-0.2, -0.15) is 0 Å². The van der Waals surface area contributed by atoms with E-state index in [-0.39, 0.29) is 5.56 Å². The van der Waals surface area contributed by atoms with Crippen LogP contribution in [0.2, 0.25) is 0 Å². The monoisotopic (exact) mass is 377 g/mol. The molecule has 0 aliphatic carbocycles. The number of rotatable bonds is 5. The minimum atomic E-state index is -0.912. The molecule has 1 aliphatic rings. The Morgan fingerprint density at radius 3 is 2.61 bits per heavy atom. The van der Waals surface area contributed by atoms with Crippen LogP contribution in [0.25, 0.3) is 11.0 Å². The van der Waals surface area contributed by atoms with E-state index in [1.807, 2.05) is 6.07 Å². The van der Waals surface area contributed by atoms with Crippen molar-refractivity contribution in [2.45, 2.75) is 46.2 Å². The Morgan fingerprint density at radius 2 is 1.93 bits per heavy atom. The summed E-state index contributed by atoms with van der Waals surface area (Å²) in [6.07, 6.45) is 1.17. The van der Waals surface area contributed by atoms with Gasteiger partial charge in [-0.05, 0) is 63.4 Å². The highest BCUT2D eigenvalue weighted by Gasteiger charge is 2.25. The molecule has 5 heteroatoms. The molecule has 0 saturated carbocycles. The Morgan fingerprint density at radius 1 is 1.18 bits per heavy atom. The second kappa shape index (κ2) is 7.40. The van der Waals surface area contributed by atoms with Crippen LogP contribution in [-0.2, 0) is 13.1 Å². The summed E-state index contributed by atoms with van der Waals surface area (Å²) in [5.41, 5.74) is 6.16. The quantitative estimate of drug-likeness (QED) is 0.718. The lowest BCUT2D eigenvalue weighted by Crippen LogP contribution is -2.22. The summed E-state index contributed by atoms with van der Waals surface area (Å²) < 4.78 is 2.20. The number of carbonyl (C=O) groups is 1. The average Bonchev–Trinajstić information content (AvgIpc) is 3.24. The average molecular weight is 377 g/mol. The molecular formula is C23H27N3O2. The smallest absolute Gasteiger partial charge is 0.335 e. The highest BCUT2D eigenvalue weighted by atomic mass is 16.4. The second-order valence-corrected chi connectivity index (χ2v) is 7.92. The van der Waals surface area contributed by atoms with E-state index in [0.29, 0.717) is 5.92 Å². The van der Waals surface area contributed by atoms with Crippen LogP contribution in [0, 0.1) is 13.8 Å². The van der Waals surface area contributed by atoms with E-state index in [2.05, 4.69) is 48.4 Å². The van der Waals surface area contributed by atoms with Gasteiger partial charge in [0.15, 0.2) is 0 Å². The highest BCUT2D eigenvalue weighted by Crippen LogP contribution is 2.30. The molecule has 1 atom stereocenters. The molecule has 28 heavy (non-hydrogen) atoms. The van der Waals surface area contributed by atoms with E-state index in [4.69, 9.17) is 4.98 Å². The lowest BCUT2D eigenvalue weighted by molar-refractivity contribution is 0.0697. The fourth-order valence-corrected chi connectivity index (χ4v) is 4.48. The third kappa shape index (κ3) is 3.54. The largest absolute Gasteiger partial charge is 0.478 e. The van der Waals surface area contributed by atoms with Crippen LogP contribution >= 0.6 is 0 Å². The number of hydrogen-bond acceptors (Lipinski definition) is 3. The van der Waals surface area contributed by atoms with E-state index < -0.39 is 5.97 Å². The Balaban J connectivity index is 1.56. The Kier molecular flexibility index (Phi) is 4.94. The zero-order chi connectivity index (χ0) is 19.8. The van der Waals surface area contributed by atoms with Gasteiger partial charge < -0.3 is 9.67 Å². The van der Waals surface area contributed by atoms with Crippen LogP contribution in [0.1, 0.15) is 52.1 Å². The molecule has 4 rings (SSSR count). The van der Waals surface area contributed by atoms with Gasteiger partial charge in [-0.3, -0.25) is 4.90 Å². The first-order chi connectivity index (χ1) is 13.4. The van der Waals surface area contributed by atoms with E-state index in [9.17, 15) is 9.90 Å². The van der Waals surface area contributed by atoms with Gasteiger partial charge in [0, 0.05) is 13.1 Å². The topological polar surface area (TPSA) is 58.4 Å². The molecule has 1 aliphatic heterocycles. The van der Waals surface area contributed by atoms with Crippen LogP contribution in [-0.4, -0.2) is 38.6 Å². The van der Waals surface area contributed by atoms with Gasteiger partial charge in [0.25, 0.3) is 0 Å². The van der Waals surface area contributed by atoms with Crippen molar-refractivity contribution in [1.82, 2.24) is 14.5 Å². The third-order valence-corrected chi connectivity index (χ3v) is 5.74. The number of imidazole rings is 1. The summed E-state index contributed by atoms with van der Waals surface area (Å²) in [6, 6.07) is 12.1. The molecule has 1 saturated heterocycles. The van der Waals surface area contributed by atoms with Gasteiger partial charge in [0.2, 0.25) is 0 Å². The van der Waals surface area contributed by atoms with Crippen LogP contribution in [0.5, 0.6) is 0 Å². The lowest BCUT2D eigenvalue weighted by Gasteiger charge is -2.17. The SMILES string of the molecule is CCn1c(CN2CCC(c3cc(C)cc(C)c3)C2)nc2cc(C(=O)O)ccc21. The number of benzene rings is 2. The van der Waals surface area contributed by atoms with Crippen molar-refractivity contribution in [3.63, 3.8) is 0 Å². The summed E-state index contributed by atoms with van der Waals surface area (Å²) >= 11 is 0. The van der Waals surface area contributed by atoms with Crippen molar-refractivity contribution >= 4 is 17.0 Å². The van der Waals surface area contributed by atoms with Crippen molar-refractivity contribution in [3.8, 4) is 0 Å². The number of aryl methyl sites for hydroxylation is 3. The Bertz CT molecular complexity index is 1020. The van der Waals surface area contributed by atoms with Gasteiger partial charge in [-0.1, -0.05) is 29.3 Å². The number of aromatic nitrogens is 2. The van der Waals surface area contributed by atoms with Crippen LogP contribution in [0.3, 0.4) is 0 Å². The Labute approximate surface area is 165 Å². The maximum absolute atomic E-state index is 11.3. The van der Waals surface area contributed by atoms with Crippen LogP contribution in [0.15, 0.2) is 36.4 Å². The Hall–Kier alpha value is -2.66. The van der Waals surface area contributed by atoms with Crippen molar-refractivity contribution in [2.24, 2.45) is 0 Å². The van der Waals surface area contributed by atoms with Gasteiger partial charge in [-0.15, -0.1) is 0 Å². The van der Waals surface area contributed by atoms with E-state index >= 15 is 0 Å². The fraction of sp³-hybridized carbons (Fsp3) is 0.391. The summed E-state index contributed by atoms with van der Waals surface area (Å²) in [7, 11) is 0. The number of aromatic carboxylic acids is 1. The first kappa shape index (κ1) is 18.7. The number of hydrogen-bond donors (Lipinski definition) is 1. The summed E-state index contributed by atoms with van der Waals surface area (Å²) in [5.74, 6) is 0.670. The van der Waals surface area contributed by atoms with E-state index in [0.717, 1.165) is 43.0 Å². The van der Waals surface area contributed by atoms with Gasteiger partial charge >= 0.3 is 5.97 Å². The molecule has 5 nitrogen and oxygen atoms in total. The number of carboxylic acids is 1. The van der Waals surface area contributed by atoms with E-state index in [1.165, 1.54) is 23.1 Å². The molecule has 0 bridgehead atoms. The van der Waals surface area contributed by atoms with Crippen LogP contribution in [0.4, 0.5) is 0 Å². The van der Waals surface area contributed by atoms with Crippen LogP contribution < -0.4 is 0 Å². The third-order valence-electron chi connectivity index (χ3n) is 5.74. The second-order valence-electron chi connectivity index (χ2n) is 7.92. The minimum Gasteiger partial charge on any atom is -0.478 e. The predicted molar refractivity (Wildman–Crippen MR) is 111 cm³/mol. The first-order valence-electron chi connectivity index (χ1n) is 9.97. The van der Waals surface area contributed by atoms with Gasteiger partial charge in [0.1, 0.15) is 5.82 Å². The van der Waals surface area contributed by atoms with E-state index in [1.54, 1.807) is 12.1 Å². The standard InChI is InChI=1S/C23H27N3O2/c1-4-26-21-6-5-17(23(27)28)12-20(21)24-22(26)14-25-8-7-18(13-25)19-10-15(2)9-16(3)11-19/h5-6,9-12,18H,4,7-8,13-14H2,1-3H3,(H,27,28). The maximum atomic E-state index is 11.3. The summed E-state index contributed by atoms with van der Waals surface area (Å²) in [6.45, 7) is 10.2. The van der Waals surface area contributed by atoms with Crippen molar-refractivity contribution in [1.29, 1.82) is 0 Å². The van der Waals surface area contributed by atoms with Crippen molar-refractivity contribution < 1.29 is 9.90 Å². The maximum Gasteiger partial charge on any atom is 0.335 e. The molecule has 3 aromatic rings. The predicted octanol–water partition coefficient (Wildman–Crippen LogP) is 4.36. The molecule has 2 heterocycles. The number of fused-ring (bicyclic) bond motifs is 1. The van der Waals surface area contributed by atoms with Gasteiger partial charge in [-0.25, -0.2) is 9.78 Å². The van der Waals surface area contributed by atoms with Crippen molar-refractivity contribution in [2.75, 3.05) is 13.1 Å². The summed E-state index contributed by atoms with van der Waals surface area (Å²) in [4.78, 5) is 18.5. The zero-order valence-electron chi connectivity index (χ0n) is 16.8. The molecule has 1 unspecified atom stereocenters. The molecule has 0 radical (unpaired) electrons. The zero-order valence-corrected chi connectivity index (χ0v) is 16.8.